The molecule has 0 saturated heterocycles. The molecule has 3 aromatic heterocycles. The van der Waals surface area contributed by atoms with Gasteiger partial charge in [0.05, 0.1) is 29.5 Å². The highest BCUT2D eigenvalue weighted by atomic mass is 16.2. The summed E-state index contributed by atoms with van der Waals surface area (Å²) in [7, 11) is 0. The molecule has 0 fully saturated rings. The number of hydrogen-bond acceptors (Lipinski definition) is 5. The second-order valence-corrected chi connectivity index (χ2v) is 5.03. The molecule has 2 N–H and O–H groups in total. The lowest BCUT2D eigenvalue weighted by atomic mass is 10.2. The van der Waals surface area contributed by atoms with Crippen LogP contribution < -0.4 is 10.2 Å². The standard InChI is InChI=1S/C15H14N6O/c1-2-21-13(22)8-18-14-15(21)20-12(7-17-14)10-4-3-9-11(19-10)5-6-16-9/h3-7,16H,2,8H2,1H3,(H,17,18). The highest BCUT2D eigenvalue weighted by Gasteiger charge is 2.25. The van der Waals surface area contributed by atoms with Crippen LogP contribution in [0.1, 0.15) is 6.92 Å². The Labute approximate surface area is 126 Å². The number of aromatic amines is 1. The first-order valence-corrected chi connectivity index (χ1v) is 7.12. The number of carbonyl (C=O) groups is 1. The minimum Gasteiger partial charge on any atom is -0.360 e. The Balaban J connectivity index is 1.82. The van der Waals surface area contributed by atoms with Crippen molar-refractivity contribution in [2.75, 3.05) is 23.3 Å². The average molecular weight is 294 g/mol. The molecule has 7 heteroatoms. The van der Waals surface area contributed by atoms with Crippen molar-refractivity contribution in [3.63, 3.8) is 0 Å². The summed E-state index contributed by atoms with van der Waals surface area (Å²) in [5, 5.41) is 2.99. The maximum absolute atomic E-state index is 12.0. The molecule has 0 radical (unpaired) electrons. The van der Waals surface area contributed by atoms with E-state index in [4.69, 9.17) is 0 Å². The fourth-order valence-corrected chi connectivity index (χ4v) is 2.59. The van der Waals surface area contributed by atoms with Crippen LogP contribution in [0.25, 0.3) is 22.4 Å². The Morgan fingerprint density at radius 3 is 3.00 bits per heavy atom. The maximum Gasteiger partial charge on any atom is 0.247 e. The van der Waals surface area contributed by atoms with Gasteiger partial charge in [-0.05, 0) is 25.1 Å². The zero-order valence-corrected chi connectivity index (χ0v) is 12.0. The first-order chi connectivity index (χ1) is 10.8. The molecule has 1 aliphatic rings. The van der Waals surface area contributed by atoms with E-state index in [1.807, 2.05) is 31.3 Å². The Morgan fingerprint density at radius 1 is 1.23 bits per heavy atom. The first kappa shape index (κ1) is 12.8. The van der Waals surface area contributed by atoms with E-state index in [0.29, 0.717) is 23.9 Å². The van der Waals surface area contributed by atoms with Crippen molar-refractivity contribution in [1.29, 1.82) is 0 Å². The molecule has 0 saturated carbocycles. The van der Waals surface area contributed by atoms with Gasteiger partial charge in [-0.3, -0.25) is 9.69 Å². The summed E-state index contributed by atoms with van der Waals surface area (Å²) in [5.74, 6) is 1.19. The maximum atomic E-state index is 12.0. The van der Waals surface area contributed by atoms with E-state index < -0.39 is 0 Å². The molecule has 0 aliphatic carbocycles. The van der Waals surface area contributed by atoms with Crippen LogP contribution in [0, 0.1) is 0 Å². The third-order valence-electron chi connectivity index (χ3n) is 3.70. The number of likely N-dealkylation sites (N-methyl/N-ethyl adjacent to an activating group) is 1. The highest BCUT2D eigenvalue weighted by molar-refractivity contribution is 6.00. The molecule has 4 heterocycles. The molecule has 0 aromatic carbocycles. The lowest BCUT2D eigenvalue weighted by molar-refractivity contribution is -0.117. The Bertz CT molecular complexity index is 871. The van der Waals surface area contributed by atoms with E-state index >= 15 is 0 Å². The van der Waals surface area contributed by atoms with Gasteiger partial charge in [-0.1, -0.05) is 0 Å². The minimum atomic E-state index is -0.00417. The number of nitrogens with zero attached hydrogens (tertiary/aromatic N) is 4. The second kappa shape index (κ2) is 4.80. The molecule has 1 aliphatic heterocycles. The zero-order chi connectivity index (χ0) is 15.1. The average Bonchev–Trinajstić information content (AvgIpc) is 3.01. The molecular weight excluding hydrogens is 280 g/mol. The topological polar surface area (TPSA) is 86.8 Å². The number of pyridine rings is 1. The number of H-pyrrole nitrogens is 1. The summed E-state index contributed by atoms with van der Waals surface area (Å²) in [6, 6.07) is 5.76. The highest BCUT2D eigenvalue weighted by Crippen LogP contribution is 2.28. The minimum absolute atomic E-state index is 0.00417. The largest absolute Gasteiger partial charge is 0.360 e. The summed E-state index contributed by atoms with van der Waals surface area (Å²) in [4.78, 5) is 30.2. The van der Waals surface area contributed by atoms with Crippen molar-refractivity contribution in [2.24, 2.45) is 0 Å². The Morgan fingerprint density at radius 2 is 2.14 bits per heavy atom. The van der Waals surface area contributed by atoms with Crippen LogP contribution in [0.2, 0.25) is 0 Å². The lowest BCUT2D eigenvalue weighted by Crippen LogP contribution is -2.40. The second-order valence-electron chi connectivity index (χ2n) is 5.03. The predicted octanol–water partition coefficient (Wildman–Crippen LogP) is 1.80. The van der Waals surface area contributed by atoms with E-state index in [-0.39, 0.29) is 12.5 Å². The summed E-state index contributed by atoms with van der Waals surface area (Å²) < 4.78 is 0. The van der Waals surface area contributed by atoms with Crippen LogP contribution in [0.5, 0.6) is 0 Å². The number of aromatic nitrogens is 4. The van der Waals surface area contributed by atoms with E-state index in [2.05, 4.69) is 25.3 Å². The summed E-state index contributed by atoms with van der Waals surface area (Å²) in [6.07, 6.45) is 3.53. The third kappa shape index (κ3) is 1.90. The van der Waals surface area contributed by atoms with Crippen LogP contribution in [0.4, 0.5) is 11.6 Å². The van der Waals surface area contributed by atoms with E-state index in [1.165, 1.54) is 0 Å². The van der Waals surface area contributed by atoms with Gasteiger partial charge in [0.1, 0.15) is 5.69 Å². The summed E-state index contributed by atoms with van der Waals surface area (Å²) in [5.41, 5.74) is 3.23. The number of carbonyl (C=O) groups excluding carboxylic acids is 1. The summed E-state index contributed by atoms with van der Waals surface area (Å²) >= 11 is 0. The first-order valence-electron chi connectivity index (χ1n) is 7.12. The van der Waals surface area contributed by atoms with Gasteiger partial charge in [0.25, 0.3) is 0 Å². The number of anilines is 2. The van der Waals surface area contributed by atoms with E-state index in [0.717, 1.165) is 16.7 Å². The number of nitrogens with one attached hydrogen (secondary N) is 2. The van der Waals surface area contributed by atoms with Crippen molar-refractivity contribution >= 4 is 28.6 Å². The van der Waals surface area contributed by atoms with E-state index in [9.17, 15) is 4.79 Å². The molecule has 0 unspecified atom stereocenters. The molecule has 0 bridgehead atoms. The zero-order valence-electron chi connectivity index (χ0n) is 12.0. The van der Waals surface area contributed by atoms with Crippen LogP contribution in [0.3, 0.4) is 0 Å². The van der Waals surface area contributed by atoms with Gasteiger partial charge in [-0.2, -0.15) is 0 Å². The smallest absolute Gasteiger partial charge is 0.247 e. The molecule has 7 nitrogen and oxygen atoms in total. The molecule has 1 amide bonds. The summed E-state index contributed by atoms with van der Waals surface area (Å²) in [6.45, 7) is 2.74. The fraction of sp³-hybridized carbons (Fsp3) is 0.200. The van der Waals surface area contributed by atoms with E-state index in [1.54, 1.807) is 11.1 Å². The molecule has 22 heavy (non-hydrogen) atoms. The van der Waals surface area contributed by atoms with Crippen molar-refractivity contribution in [3.8, 4) is 11.4 Å². The van der Waals surface area contributed by atoms with Crippen LogP contribution >= 0.6 is 0 Å². The molecule has 4 rings (SSSR count). The van der Waals surface area contributed by atoms with Gasteiger partial charge in [-0.25, -0.2) is 15.0 Å². The van der Waals surface area contributed by atoms with Gasteiger partial charge in [0.2, 0.25) is 5.91 Å². The molecule has 0 spiro atoms. The molecule has 110 valence electrons. The fourth-order valence-electron chi connectivity index (χ4n) is 2.59. The van der Waals surface area contributed by atoms with Gasteiger partial charge in [0.15, 0.2) is 11.6 Å². The van der Waals surface area contributed by atoms with Crippen molar-refractivity contribution in [2.45, 2.75) is 6.92 Å². The monoisotopic (exact) mass is 294 g/mol. The molecular formula is C15H14N6O. The van der Waals surface area contributed by atoms with Gasteiger partial charge >= 0.3 is 0 Å². The lowest BCUT2D eigenvalue weighted by Gasteiger charge is -2.27. The van der Waals surface area contributed by atoms with Crippen LogP contribution in [-0.4, -0.2) is 38.9 Å². The molecule has 3 aromatic rings. The van der Waals surface area contributed by atoms with Crippen molar-refractivity contribution in [3.05, 3.63) is 30.6 Å². The normalized spacial score (nSPS) is 14.0. The van der Waals surface area contributed by atoms with Crippen LogP contribution in [-0.2, 0) is 4.79 Å². The van der Waals surface area contributed by atoms with Crippen molar-refractivity contribution in [1.82, 2.24) is 19.9 Å². The SMILES string of the molecule is CCN1C(=O)CNc2ncc(-c3ccc4[nH]ccc4n3)nc21. The van der Waals surface area contributed by atoms with Gasteiger partial charge < -0.3 is 10.3 Å². The number of fused-ring (bicyclic) bond motifs is 2. The van der Waals surface area contributed by atoms with Gasteiger partial charge in [0, 0.05) is 12.7 Å². The van der Waals surface area contributed by atoms with Gasteiger partial charge in [-0.15, -0.1) is 0 Å². The quantitative estimate of drug-likeness (QED) is 0.752. The number of rotatable bonds is 2. The Hall–Kier alpha value is -2.96. The Kier molecular flexibility index (Phi) is 2.78. The van der Waals surface area contributed by atoms with Crippen molar-refractivity contribution < 1.29 is 4.79 Å². The molecule has 0 atom stereocenters. The third-order valence-corrected chi connectivity index (χ3v) is 3.70. The predicted molar refractivity (Wildman–Crippen MR) is 83.6 cm³/mol. The van der Waals surface area contributed by atoms with Crippen LogP contribution in [0.15, 0.2) is 30.6 Å². The number of hydrogen-bond donors (Lipinski definition) is 2. The number of amides is 1.